The first-order valence-corrected chi connectivity index (χ1v) is 6.98. The highest BCUT2D eigenvalue weighted by Gasteiger charge is 2.15. The number of hydrogen-bond donors (Lipinski definition) is 1. The van der Waals surface area contributed by atoms with E-state index in [0.717, 1.165) is 22.3 Å². The highest BCUT2D eigenvalue weighted by Crippen LogP contribution is 2.26. The summed E-state index contributed by atoms with van der Waals surface area (Å²) in [7, 11) is 0. The van der Waals surface area contributed by atoms with E-state index < -0.39 is 0 Å². The molecule has 3 rings (SSSR count). The van der Waals surface area contributed by atoms with Gasteiger partial charge in [0.2, 0.25) is 0 Å². The summed E-state index contributed by atoms with van der Waals surface area (Å²) in [6.07, 6.45) is 3.51. The van der Waals surface area contributed by atoms with Crippen molar-refractivity contribution in [3.8, 4) is 11.4 Å². The molecular weight excluding hydrogens is 260 g/mol. The van der Waals surface area contributed by atoms with Crippen LogP contribution in [0.25, 0.3) is 22.3 Å². The van der Waals surface area contributed by atoms with Gasteiger partial charge >= 0.3 is 0 Å². The van der Waals surface area contributed by atoms with Crippen molar-refractivity contribution in [3.63, 3.8) is 0 Å². The van der Waals surface area contributed by atoms with E-state index in [1.54, 1.807) is 12.4 Å². The molecule has 0 aliphatic heterocycles. The molecule has 0 unspecified atom stereocenters. The van der Waals surface area contributed by atoms with E-state index in [9.17, 15) is 0 Å². The fraction of sp³-hybridized carbons (Fsp3) is 0.235. The van der Waals surface area contributed by atoms with Gasteiger partial charge in [0.05, 0.1) is 5.52 Å². The van der Waals surface area contributed by atoms with Gasteiger partial charge in [-0.05, 0) is 45.0 Å². The van der Waals surface area contributed by atoms with Crippen LogP contribution in [0.2, 0.25) is 0 Å². The van der Waals surface area contributed by atoms with Gasteiger partial charge in [0, 0.05) is 28.9 Å². The summed E-state index contributed by atoms with van der Waals surface area (Å²) in [5.74, 6) is 1.57. The van der Waals surface area contributed by atoms with Crippen LogP contribution in [0.1, 0.15) is 20.8 Å². The summed E-state index contributed by atoms with van der Waals surface area (Å²) in [6, 6.07) is 11.9. The number of rotatable bonds is 2. The Hall–Kier alpha value is -2.49. The van der Waals surface area contributed by atoms with Crippen LogP contribution in [0.5, 0.6) is 0 Å². The number of para-hydroxylation sites is 1. The molecule has 0 aliphatic rings. The van der Waals surface area contributed by atoms with Gasteiger partial charge in [0.25, 0.3) is 0 Å². The average molecular weight is 278 g/mol. The molecule has 0 aliphatic carbocycles. The zero-order valence-corrected chi connectivity index (χ0v) is 12.5. The van der Waals surface area contributed by atoms with Crippen molar-refractivity contribution >= 4 is 16.7 Å². The summed E-state index contributed by atoms with van der Waals surface area (Å²) in [5.41, 5.74) is 1.84. The largest absolute Gasteiger partial charge is 0.365 e. The first-order chi connectivity index (χ1) is 10.0. The highest BCUT2D eigenvalue weighted by atomic mass is 15.1. The Morgan fingerprint density at radius 3 is 2.33 bits per heavy atom. The Morgan fingerprint density at radius 1 is 0.905 bits per heavy atom. The fourth-order valence-electron chi connectivity index (χ4n) is 2.16. The normalized spacial score (nSPS) is 11.6. The number of fused-ring (bicyclic) bond motifs is 1. The maximum Gasteiger partial charge on any atom is 0.162 e. The zero-order valence-electron chi connectivity index (χ0n) is 12.5. The Bertz CT molecular complexity index is 761. The number of anilines is 1. The first kappa shape index (κ1) is 13.5. The second kappa shape index (κ2) is 5.13. The third kappa shape index (κ3) is 2.99. The number of hydrogen-bond acceptors (Lipinski definition) is 4. The van der Waals surface area contributed by atoms with Crippen LogP contribution in [0.4, 0.5) is 5.82 Å². The molecule has 1 N–H and O–H groups in total. The lowest BCUT2D eigenvalue weighted by atomic mass is 10.1. The topological polar surface area (TPSA) is 50.7 Å². The van der Waals surface area contributed by atoms with Gasteiger partial charge in [-0.1, -0.05) is 12.1 Å². The Labute approximate surface area is 124 Å². The Morgan fingerprint density at radius 2 is 1.62 bits per heavy atom. The second-order valence-corrected chi connectivity index (χ2v) is 6.02. The average Bonchev–Trinajstić information content (AvgIpc) is 2.46. The monoisotopic (exact) mass is 278 g/mol. The molecule has 1 aromatic carbocycles. The summed E-state index contributed by atoms with van der Waals surface area (Å²) >= 11 is 0. The second-order valence-electron chi connectivity index (χ2n) is 6.02. The van der Waals surface area contributed by atoms with Crippen LogP contribution < -0.4 is 5.32 Å². The smallest absolute Gasteiger partial charge is 0.162 e. The molecule has 0 atom stereocenters. The lowest BCUT2D eigenvalue weighted by molar-refractivity contribution is 0.631. The maximum absolute atomic E-state index is 4.71. The molecule has 4 nitrogen and oxygen atoms in total. The van der Waals surface area contributed by atoms with Crippen molar-refractivity contribution in [1.82, 2.24) is 15.0 Å². The molecule has 0 fully saturated rings. The van der Waals surface area contributed by atoms with Gasteiger partial charge in [-0.3, -0.25) is 4.98 Å². The van der Waals surface area contributed by atoms with Crippen molar-refractivity contribution in [2.75, 3.05) is 5.32 Å². The first-order valence-electron chi connectivity index (χ1n) is 6.98. The van der Waals surface area contributed by atoms with Gasteiger partial charge in [-0.15, -0.1) is 0 Å². The molecule has 0 saturated heterocycles. The van der Waals surface area contributed by atoms with Crippen LogP contribution in [-0.2, 0) is 0 Å². The lowest BCUT2D eigenvalue weighted by Crippen LogP contribution is -2.27. The van der Waals surface area contributed by atoms with Gasteiger partial charge in [-0.2, -0.15) is 0 Å². The highest BCUT2D eigenvalue weighted by molar-refractivity contribution is 5.90. The Kier molecular flexibility index (Phi) is 3.29. The molecule has 0 spiro atoms. The molecule has 0 bridgehead atoms. The summed E-state index contributed by atoms with van der Waals surface area (Å²) in [4.78, 5) is 13.4. The molecular formula is C17H18N4. The number of benzene rings is 1. The molecule has 3 aromatic rings. The predicted molar refractivity (Wildman–Crippen MR) is 86.1 cm³/mol. The summed E-state index contributed by atoms with van der Waals surface area (Å²) in [6.45, 7) is 6.36. The molecule has 0 amide bonds. The summed E-state index contributed by atoms with van der Waals surface area (Å²) < 4.78 is 0. The van der Waals surface area contributed by atoms with Crippen molar-refractivity contribution in [2.45, 2.75) is 26.3 Å². The van der Waals surface area contributed by atoms with E-state index in [1.807, 2.05) is 36.4 Å². The molecule has 2 heterocycles. The van der Waals surface area contributed by atoms with Gasteiger partial charge in [0.1, 0.15) is 5.82 Å². The third-order valence-electron chi connectivity index (χ3n) is 3.04. The minimum Gasteiger partial charge on any atom is -0.365 e. The van der Waals surface area contributed by atoms with E-state index in [1.165, 1.54) is 0 Å². The van der Waals surface area contributed by atoms with E-state index in [-0.39, 0.29) is 5.54 Å². The van der Waals surface area contributed by atoms with Gasteiger partial charge in [-0.25, -0.2) is 9.97 Å². The quantitative estimate of drug-likeness (QED) is 0.772. The van der Waals surface area contributed by atoms with E-state index >= 15 is 0 Å². The predicted octanol–water partition coefficient (Wildman–Crippen LogP) is 3.90. The zero-order chi connectivity index (χ0) is 14.9. The number of pyridine rings is 1. The van der Waals surface area contributed by atoms with E-state index in [4.69, 9.17) is 4.98 Å². The van der Waals surface area contributed by atoms with Crippen LogP contribution in [0.3, 0.4) is 0 Å². The van der Waals surface area contributed by atoms with Crippen molar-refractivity contribution in [1.29, 1.82) is 0 Å². The number of aromatic nitrogens is 3. The van der Waals surface area contributed by atoms with Crippen LogP contribution >= 0.6 is 0 Å². The maximum atomic E-state index is 4.71. The van der Waals surface area contributed by atoms with Crippen molar-refractivity contribution in [2.24, 2.45) is 0 Å². The van der Waals surface area contributed by atoms with Crippen molar-refractivity contribution in [3.05, 3.63) is 48.8 Å². The third-order valence-corrected chi connectivity index (χ3v) is 3.04. The Balaban J connectivity index is 2.20. The molecule has 0 radical (unpaired) electrons. The van der Waals surface area contributed by atoms with Crippen LogP contribution in [0.15, 0.2) is 48.8 Å². The molecule has 2 aromatic heterocycles. The molecule has 0 saturated carbocycles. The van der Waals surface area contributed by atoms with Crippen LogP contribution in [-0.4, -0.2) is 20.5 Å². The minimum atomic E-state index is -0.0629. The van der Waals surface area contributed by atoms with Crippen molar-refractivity contribution < 1.29 is 0 Å². The summed E-state index contributed by atoms with van der Waals surface area (Å²) in [5, 5.41) is 4.50. The van der Waals surface area contributed by atoms with Crippen LogP contribution in [0, 0.1) is 0 Å². The van der Waals surface area contributed by atoms with Gasteiger partial charge in [0.15, 0.2) is 5.82 Å². The number of nitrogens with zero attached hydrogens (tertiary/aromatic N) is 3. The lowest BCUT2D eigenvalue weighted by Gasteiger charge is -2.22. The molecule has 21 heavy (non-hydrogen) atoms. The van der Waals surface area contributed by atoms with Gasteiger partial charge < -0.3 is 5.32 Å². The SMILES string of the molecule is CC(C)(C)Nc1nc(-c2ccncc2)nc2ccccc12. The number of nitrogens with one attached hydrogen (secondary N) is 1. The molecule has 106 valence electrons. The standard InChI is InChI=1S/C17H18N4/c1-17(2,3)21-16-13-6-4-5-7-14(13)19-15(20-16)12-8-10-18-11-9-12/h4-11H,1-3H3,(H,19,20,21). The van der Waals surface area contributed by atoms with E-state index in [0.29, 0.717) is 5.82 Å². The molecule has 4 heteroatoms. The van der Waals surface area contributed by atoms with E-state index in [2.05, 4.69) is 36.1 Å². The fourth-order valence-corrected chi connectivity index (χ4v) is 2.16. The minimum absolute atomic E-state index is 0.0629.